The smallest absolute Gasteiger partial charge is 0.254 e. The number of nitrogens with one attached hydrogen (secondary N) is 1. The molecular weight excluding hydrogens is 241 g/mol. The van der Waals surface area contributed by atoms with E-state index in [0.29, 0.717) is 18.0 Å². The molecule has 0 aliphatic rings. The molecule has 1 amide bonds. The second-order valence-electron chi connectivity index (χ2n) is 3.62. The molecule has 0 saturated carbocycles. The van der Waals surface area contributed by atoms with Crippen molar-refractivity contribution in [2.75, 3.05) is 20.3 Å². The maximum atomic E-state index is 13.3. The van der Waals surface area contributed by atoms with E-state index in [0.717, 1.165) is 12.8 Å². The Bertz CT molecular complexity index is 385. The molecular formula is C12H16FNO2S. The van der Waals surface area contributed by atoms with Gasteiger partial charge in [0.25, 0.3) is 5.91 Å². The van der Waals surface area contributed by atoms with Crippen LogP contribution >= 0.6 is 12.6 Å². The van der Waals surface area contributed by atoms with Gasteiger partial charge in [-0.05, 0) is 31.0 Å². The molecule has 3 nitrogen and oxygen atoms in total. The van der Waals surface area contributed by atoms with Gasteiger partial charge in [-0.1, -0.05) is 0 Å². The Morgan fingerprint density at radius 3 is 2.94 bits per heavy atom. The number of thiol groups is 1. The summed E-state index contributed by atoms with van der Waals surface area (Å²) in [6.45, 7) is 1.18. The van der Waals surface area contributed by atoms with Crippen LogP contribution in [-0.4, -0.2) is 26.2 Å². The first-order valence-electron chi connectivity index (χ1n) is 5.41. The quantitative estimate of drug-likeness (QED) is 0.606. The summed E-state index contributed by atoms with van der Waals surface area (Å²) in [6.07, 6.45) is 1.67. The SMILES string of the molecule is COCCCCNC(=O)c1cc(S)ccc1F. The van der Waals surface area contributed by atoms with Crippen LogP contribution in [0.1, 0.15) is 23.2 Å². The third-order valence-corrected chi connectivity index (χ3v) is 2.53. The van der Waals surface area contributed by atoms with E-state index >= 15 is 0 Å². The number of unbranched alkanes of at least 4 members (excludes halogenated alkanes) is 1. The van der Waals surface area contributed by atoms with Crippen molar-refractivity contribution in [3.8, 4) is 0 Å². The highest BCUT2D eigenvalue weighted by Gasteiger charge is 2.10. The fourth-order valence-corrected chi connectivity index (χ4v) is 1.56. The Morgan fingerprint density at radius 2 is 2.24 bits per heavy atom. The monoisotopic (exact) mass is 257 g/mol. The van der Waals surface area contributed by atoms with E-state index < -0.39 is 11.7 Å². The largest absolute Gasteiger partial charge is 0.385 e. The summed E-state index contributed by atoms with van der Waals surface area (Å²) in [5.74, 6) is -0.937. The van der Waals surface area contributed by atoms with E-state index in [4.69, 9.17) is 4.74 Å². The van der Waals surface area contributed by atoms with Crippen molar-refractivity contribution < 1.29 is 13.9 Å². The van der Waals surface area contributed by atoms with Crippen LogP contribution in [0.15, 0.2) is 23.1 Å². The number of carbonyl (C=O) groups excluding carboxylic acids is 1. The van der Waals surface area contributed by atoms with Gasteiger partial charge >= 0.3 is 0 Å². The Morgan fingerprint density at radius 1 is 1.47 bits per heavy atom. The molecule has 0 unspecified atom stereocenters. The lowest BCUT2D eigenvalue weighted by Gasteiger charge is -2.06. The number of hydrogen-bond donors (Lipinski definition) is 2. The molecule has 94 valence electrons. The topological polar surface area (TPSA) is 38.3 Å². The number of amides is 1. The van der Waals surface area contributed by atoms with Crippen molar-refractivity contribution in [3.63, 3.8) is 0 Å². The average molecular weight is 257 g/mol. The highest BCUT2D eigenvalue weighted by atomic mass is 32.1. The number of rotatable bonds is 6. The van der Waals surface area contributed by atoms with Crippen molar-refractivity contribution in [3.05, 3.63) is 29.6 Å². The lowest BCUT2D eigenvalue weighted by Crippen LogP contribution is -2.25. The zero-order chi connectivity index (χ0) is 12.7. The first-order valence-corrected chi connectivity index (χ1v) is 5.85. The normalized spacial score (nSPS) is 10.3. The number of ether oxygens (including phenoxy) is 1. The zero-order valence-corrected chi connectivity index (χ0v) is 10.6. The summed E-state index contributed by atoms with van der Waals surface area (Å²) in [4.78, 5) is 12.2. The molecule has 0 atom stereocenters. The third kappa shape index (κ3) is 4.75. The summed E-state index contributed by atoms with van der Waals surface area (Å²) in [5, 5.41) is 2.66. The van der Waals surface area contributed by atoms with E-state index in [2.05, 4.69) is 17.9 Å². The molecule has 1 rings (SSSR count). The first kappa shape index (κ1) is 14.0. The lowest BCUT2D eigenvalue weighted by atomic mass is 10.2. The van der Waals surface area contributed by atoms with Crippen LogP contribution in [0.25, 0.3) is 0 Å². The first-order chi connectivity index (χ1) is 8.15. The zero-order valence-electron chi connectivity index (χ0n) is 9.70. The fraction of sp³-hybridized carbons (Fsp3) is 0.417. The molecule has 0 aromatic heterocycles. The van der Waals surface area contributed by atoms with Crippen LogP contribution < -0.4 is 5.32 Å². The van der Waals surface area contributed by atoms with Crippen molar-refractivity contribution in [1.82, 2.24) is 5.32 Å². The molecule has 0 spiro atoms. The number of hydrogen-bond acceptors (Lipinski definition) is 3. The van der Waals surface area contributed by atoms with Gasteiger partial charge < -0.3 is 10.1 Å². The van der Waals surface area contributed by atoms with Crippen LogP contribution in [0.4, 0.5) is 4.39 Å². The van der Waals surface area contributed by atoms with Crippen LogP contribution in [-0.2, 0) is 4.74 Å². The summed E-state index contributed by atoms with van der Waals surface area (Å²) in [6, 6.07) is 4.17. The van der Waals surface area contributed by atoms with Gasteiger partial charge in [-0.2, -0.15) is 0 Å². The molecule has 17 heavy (non-hydrogen) atoms. The molecule has 0 bridgehead atoms. The maximum absolute atomic E-state index is 13.3. The molecule has 0 radical (unpaired) electrons. The van der Waals surface area contributed by atoms with Gasteiger partial charge in [-0.15, -0.1) is 12.6 Å². The second-order valence-corrected chi connectivity index (χ2v) is 4.14. The van der Waals surface area contributed by atoms with Gasteiger partial charge in [0.05, 0.1) is 5.56 Å². The Kier molecular flexibility index (Phi) is 6.00. The van der Waals surface area contributed by atoms with Gasteiger partial charge in [-0.3, -0.25) is 4.79 Å². The maximum Gasteiger partial charge on any atom is 0.254 e. The molecule has 0 aliphatic carbocycles. The fourth-order valence-electron chi connectivity index (χ4n) is 1.36. The van der Waals surface area contributed by atoms with Crippen molar-refractivity contribution in [2.45, 2.75) is 17.7 Å². The van der Waals surface area contributed by atoms with Gasteiger partial charge in [0, 0.05) is 25.2 Å². The van der Waals surface area contributed by atoms with Crippen LogP contribution in [0.2, 0.25) is 0 Å². The molecule has 1 aromatic rings. The third-order valence-electron chi connectivity index (χ3n) is 2.26. The minimum atomic E-state index is -0.530. The van der Waals surface area contributed by atoms with Crippen molar-refractivity contribution in [2.24, 2.45) is 0 Å². The highest BCUT2D eigenvalue weighted by Crippen LogP contribution is 2.13. The summed E-state index contributed by atoms with van der Waals surface area (Å²) in [7, 11) is 1.63. The lowest BCUT2D eigenvalue weighted by molar-refractivity contribution is 0.0947. The number of halogens is 1. The Labute approximate surface area is 106 Å². The summed E-state index contributed by atoms with van der Waals surface area (Å²) >= 11 is 4.07. The van der Waals surface area contributed by atoms with Crippen LogP contribution in [0.5, 0.6) is 0 Å². The Balaban J connectivity index is 2.44. The highest BCUT2D eigenvalue weighted by molar-refractivity contribution is 7.80. The molecule has 0 aliphatic heterocycles. The van der Waals surface area contributed by atoms with Crippen LogP contribution in [0, 0.1) is 5.82 Å². The summed E-state index contributed by atoms with van der Waals surface area (Å²) < 4.78 is 18.2. The molecule has 0 heterocycles. The van der Waals surface area contributed by atoms with Crippen molar-refractivity contribution >= 4 is 18.5 Å². The molecule has 1 aromatic carbocycles. The second kappa shape index (κ2) is 7.29. The Hall–Kier alpha value is -1.07. The van der Waals surface area contributed by atoms with E-state index in [1.54, 1.807) is 7.11 Å². The van der Waals surface area contributed by atoms with Gasteiger partial charge in [0.15, 0.2) is 0 Å². The van der Waals surface area contributed by atoms with E-state index in [1.165, 1.54) is 18.2 Å². The summed E-state index contributed by atoms with van der Waals surface area (Å²) in [5.41, 5.74) is 0.0317. The molecule has 0 saturated heterocycles. The molecule has 1 N–H and O–H groups in total. The van der Waals surface area contributed by atoms with Crippen molar-refractivity contribution in [1.29, 1.82) is 0 Å². The molecule has 5 heteroatoms. The van der Waals surface area contributed by atoms with E-state index in [-0.39, 0.29) is 5.56 Å². The minimum absolute atomic E-state index is 0.0317. The van der Waals surface area contributed by atoms with E-state index in [1.807, 2.05) is 0 Å². The number of benzene rings is 1. The standard InChI is InChI=1S/C12H16FNO2S/c1-16-7-3-2-6-14-12(15)10-8-9(17)4-5-11(10)13/h4-5,8,17H,2-3,6-7H2,1H3,(H,14,15). The van der Waals surface area contributed by atoms with E-state index in [9.17, 15) is 9.18 Å². The number of carbonyl (C=O) groups is 1. The van der Waals surface area contributed by atoms with Gasteiger partial charge in [0.2, 0.25) is 0 Å². The molecule has 0 fully saturated rings. The van der Waals surface area contributed by atoms with Gasteiger partial charge in [-0.25, -0.2) is 4.39 Å². The minimum Gasteiger partial charge on any atom is -0.385 e. The number of methoxy groups -OCH3 is 1. The van der Waals surface area contributed by atoms with Crippen LogP contribution in [0.3, 0.4) is 0 Å². The predicted octanol–water partition coefficient (Wildman–Crippen LogP) is 2.27. The van der Waals surface area contributed by atoms with Gasteiger partial charge in [0.1, 0.15) is 5.82 Å². The predicted molar refractivity (Wildman–Crippen MR) is 67.1 cm³/mol. The average Bonchev–Trinajstić information content (AvgIpc) is 2.32.